The van der Waals surface area contributed by atoms with E-state index in [1.165, 1.54) is 5.56 Å². The first-order valence-corrected chi connectivity index (χ1v) is 11.4. The van der Waals surface area contributed by atoms with Crippen molar-refractivity contribution in [1.29, 1.82) is 0 Å². The van der Waals surface area contributed by atoms with Crippen LogP contribution in [0, 0.1) is 6.92 Å². The fourth-order valence-corrected chi connectivity index (χ4v) is 4.19. The normalized spacial score (nSPS) is 15.1. The molecule has 0 spiro atoms. The fourth-order valence-electron chi connectivity index (χ4n) is 4.19. The molecule has 3 aromatic heterocycles. The number of nitrogens with two attached hydrogens (primary N) is 1. The third-order valence-electron chi connectivity index (χ3n) is 6.16. The molecule has 4 heterocycles. The van der Waals surface area contributed by atoms with Crippen LogP contribution in [0.3, 0.4) is 0 Å². The molecule has 0 saturated carbocycles. The van der Waals surface area contributed by atoms with Gasteiger partial charge in [0.1, 0.15) is 17.2 Å². The minimum atomic E-state index is -0.277. The Bertz CT molecular complexity index is 1330. The zero-order valence-corrected chi connectivity index (χ0v) is 19.5. The maximum absolute atomic E-state index is 12.4. The lowest BCUT2D eigenvalue weighted by Gasteiger charge is -2.32. The van der Waals surface area contributed by atoms with E-state index in [-0.39, 0.29) is 11.5 Å². The molecule has 10 heteroatoms. The van der Waals surface area contributed by atoms with E-state index in [2.05, 4.69) is 66.4 Å². The molecule has 10 nitrogen and oxygen atoms in total. The third-order valence-corrected chi connectivity index (χ3v) is 6.16. The van der Waals surface area contributed by atoms with Crippen molar-refractivity contribution in [2.24, 2.45) is 0 Å². The van der Waals surface area contributed by atoms with E-state index in [1.54, 1.807) is 17.7 Å². The molecule has 0 amide bonds. The number of anilines is 3. The summed E-state index contributed by atoms with van der Waals surface area (Å²) < 4.78 is 1.55. The molecule has 176 valence electrons. The number of imidazole rings is 1. The zero-order chi connectivity index (χ0) is 23.7. The number of aromatic nitrogens is 5. The van der Waals surface area contributed by atoms with Gasteiger partial charge in [0.15, 0.2) is 11.5 Å². The standard InChI is InChI=1S/C24H29N9O/c1-16-27-22(25)21-23(28-16)33(24(34)30-21)15-18-5-8-20(26-13-18)29-19-6-3-17(4-7-19)14-32-11-9-31(2)10-12-32/h3-8,13H,9-12,14-15H2,1-2H3,(H,26,29)(H,30,34)(H2,25,27,28). The van der Waals surface area contributed by atoms with Gasteiger partial charge in [0.05, 0.1) is 6.54 Å². The monoisotopic (exact) mass is 459 g/mol. The lowest BCUT2D eigenvalue weighted by Crippen LogP contribution is -2.43. The molecular weight excluding hydrogens is 430 g/mol. The van der Waals surface area contributed by atoms with Crippen molar-refractivity contribution in [3.8, 4) is 0 Å². The lowest BCUT2D eigenvalue weighted by atomic mass is 10.1. The Morgan fingerprint density at radius 1 is 1.00 bits per heavy atom. The smallest absolute Gasteiger partial charge is 0.328 e. The fraction of sp³-hybridized carbons (Fsp3) is 0.333. The van der Waals surface area contributed by atoms with Crippen molar-refractivity contribution in [3.05, 3.63) is 70.0 Å². The molecule has 0 radical (unpaired) electrons. The molecule has 4 aromatic rings. The second-order valence-corrected chi connectivity index (χ2v) is 8.82. The van der Waals surface area contributed by atoms with Gasteiger partial charge in [-0.05, 0) is 43.3 Å². The van der Waals surface area contributed by atoms with Crippen LogP contribution >= 0.6 is 0 Å². The number of nitrogens with zero attached hydrogens (tertiary/aromatic N) is 6. The van der Waals surface area contributed by atoms with Crippen molar-refractivity contribution in [2.45, 2.75) is 20.0 Å². The van der Waals surface area contributed by atoms with Crippen LogP contribution in [-0.2, 0) is 13.1 Å². The first-order valence-electron chi connectivity index (χ1n) is 11.4. The van der Waals surface area contributed by atoms with E-state index in [1.807, 2.05) is 12.1 Å². The van der Waals surface area contributed by atoms with Crippen molar-refractivity contribution in [2.75, 3.05) is 44.3 Å². The summed E-state index contributed by atoms with van der Waals surface area (Å²) in [6.45, 7) is 7.52. The predicted octanol–water partition coefficient (Wildman–Crippen LogP) is 1.94. The summed E-state index contributed by atoms with van der Waals surface area (Å²) in [6, 6.07) is 12.3. The Hall–Kier alpha value is -3.76. The highest BCUT2D eigenvalue weighted by Gasteiger charge is 2.14. The van der Waals surface area contributed by atoms with Crippen LogP contribution in [-0.4, -0.2) is 67.5 Å². The number of aromatic amines is 1. The summed E-state index contributed by atoms with van der Waals surface area (Å²) in [5, 5.41) is 3.34. The molecule has 1 aliphatic heterocycles. The first-order chi connectivity index (χ1) is 16.4. The number of benzene rings is 1. The van der Waals surface area contributed by atoms with Crippen LogP contribution in [0.5, 0.6) is 0 Å². The molecule has 1 aliphatic rings. The predicted molar refractivity (Wildman–Crippen MR) is 133 cm³/mol. The van der Waals surface area contributed by atoms with Crippen LogP contribution < -0.4 is 16.7 Å². The van der Waals surface area contributed by atoms with Crippen molar-refractivity contribution >= 4 is 28.5 Å². The highest BCUT2D eigenvalue weighted by atomic mass is 16.1. The summed E-state index contributed by atoms with van der Waals surface area (Å²) in [4.78, 5) is 33.0. The average molecular weight is 460 g/mol. The van der Waals surface area contributed by atoms with Gasteiger partial charge < -0.3 is 20.9 Å². The number of fused-ring (bicyclic) bond motifs is 1. The van der Waals surface area contributed by atoms with Crippen molar-refractivity contribution in [1.82, 2.24) is 34.3 Å². The molecule has 4 N–H and O–H groups in total. The van der Waals surface area contributed by atoms with Gasteiger partial charge in [-0.15, -0.1) is 0 Å². The van der Waals surface area contributed by atoms with Gasteiger partial charge in [-0.1, -0.05) is 18.2 Å². The van der Waals surface area contributed by atoms with E-state index >= 15 is 0 Å². The van der Waals surface area contributed by atoms with Gasteiger partial charge in [0.25, 0.3) is 0 Å². The minimum Gasteiger partial charge on any atom is -0.382 e. The van der Waals surface area contributed by atoms with Gasteiger partial charge in [0, 0.05) is 44.6 Å². The zero-order valence-electron chi connectivity index (χ0n) is 19.5. The number of rotatable bonds is 6. The van der Waals surface area contributed by atoms with E-state index in [4.69, 9.17) is 5.73 Å². The van der Waals surface area contributed by atoms with Crippen LogP contribution in [0.2, 0.25) is 0 Å². The molecule has 5 rings (SSSR count). The number of aryl methyl sites for hydroxylation is 1. The topological polar surface area (TPSA) is 121 Å². The number of pyridine rings is 1. The maximum Gasteiger partial charge on any atom is 0.328 e. The Labute approximate surface area is 197 Å². The van der Waals surface area contributed by atoms with Crippen molar-refractivity contribution < 1.29 is 0 Å². The number of H-pyrrole nitrogens is 1. The second kappa shape index (κ2) is 9.24. The highest BCUT2D eigenvalue weighted by molar-refractivity contribution is 5.81. The third kappa shape index (κ3) is 4.78. The van der Waals surface area contributed by atoms with Crippen LogP contribution in [0.4, 0.5) is 17.3 Å². The Balaban J connectivity index is 1.23. The Morgan fingerprint density at radius 2 is 1.74 bits per heavy atom. The molecule has 0 bridgehead atoms. The molecule has 0 aliphatic carbocycles. The number of hydrogen-bond acceptors (Lipinski definition) is 8. The van der Waals surface area contributed by atoms with Crippen LogP contribution in [0.1, 0.15) is 17.0 Å². The molecule has 1 saturated heterocycles. The van der Waals surface area contributed by atoms with E-state index < -0.39 is 0 Å². The highest BCUT2D eigenvalue weighted by Crippen LogP contribution is 2.18. The van der Waals surface area contributed by atoms with Crippen LogP contribution in [0.25, 0.3) is 11.2 Å². The molecule has 0 atom stereocenters. The molecule has 1 aromatic carbocycles. The number of nitrogen functional groups attached to an aromatic ring is 1. The SMILES string of the molecule is Cc1nc(N)c2[nH]c(=O)n(Cc3ccc(Nc4ccc(CN5CCN(C)CC5)cc4)nc3)c2n1. The quantitative estimate of drug-likeness (QED) is 0.400. The summed E-state index contributed by atoms with van der Waals surface area (Å²) >= 11 is 0. The largest absolute Gasteiger partial charge is 0.382 e. The number of hydrogen-bond donors (Lipinski definition) is 3. The lowest BCUT2D eigenvalue weighted by molar-refractivity contribution is 0.148. The van der Waals surface area contributed by atoms with Gasteiger partial charge in [-0.2, -0.15) is 0 Å². The average Bonchev–Trinajstić information content (AvgIpc) is 3.13. The number of likely N-dealkylation sites (N-methyl/N-ethyl adjacent to an activating group) is 1. The Morgan fingerprint density at radius 3 is 2.44 bits per heavy atom. The summed E-state index contributed by atoms with van der Waals surface area (Å²) in [6.07, 6.45) is 1.76. The van der Waals surface area contributed by atoms with Crippen molar-refractivity contribution in [3.63, 3.8) is 0 Å². The molecule has 34 heavy (non-hydrogen) atoms. The second-order valence-electron chi connectivity index (χ2n) is 8.82. The first kappa shape index (κ1) is 22.1. The molecule has 1 fully saturated rings. The number of nitrogens with one attached hydrogen (secondary N) is 2. The summed E-state index contributed by atoms with van der Waals surface area (Å²) in [7, 11) is 2.17. The molecular formula is C24H29N9O. The van der Waals surface area contributed by atoms with Gasteiger partial charge in [-0.25, -0.2) is 19.7 Å². The molecule has 0 unspecified atom stereocenters. The van der Waals surface area contributed by atoms with Crippen LogP contribution in [0.15, 0.2) is 47.4 Å². The summed E-state index contributed by atoms with van der Waals surface area (Å²) in [5.41, 5.74) is 9.77. The minimum absolute atomic E-state index is 0.269. The Kier molecular flexibility index (Phi) is 5.99. The van der Waals surface area contributed by atoms with E-state index in [9.17, 15) is 4.79 Å². The van der Waals surface area contributed by atoms with E-state index in [0.717, 1.165) is 49.8 Å². The maximum atomic E-state index is 12.4. The van der Waals surface area contributed by atoms with E-state index in [0.29, 0.717) is 23.5 Å². The van der Waals surface area contributed by atoms with Gasteiger partial charge >= 0.3 is 5.69 Å². The van der Waals surface area contributed by atoms with Gasteiger partial charge in [-0.3, -0.25) is 9.47 Å². The summed E-state index contributed by atoms with van der Waals surface area (Å²) in [5.74, 6) is 1.53. The number of piperazine rings is 1. The van der Waals surface area contributed by atoms with Gasteiger partial charge in [0.2, 0.25) is 0 Å².